The van der Waals surface area contributed by atoms with Gasteiger partial charge in [-0.1, -0.05) is 152 Å². The van der Waals surface area contributed by atoms with E-state index in [1.165, 1.54) is 102 Å². The summed E-state index contributed by atoms with van der Waals surface area (Å²) in [5, 5.41) is 11.4. The Labute approximate surface area is 368 Å². The molecule has 0 spiro atoms. The van der Waals surface area contributed by atoms with E-state index >= 15 is 0 Å². The van der Waals surface area contributed by atoms with Crippen LogP contribution < -0.4 is 4.90 Å². The van der Waals surface area contributed by atoms with Crippen molar-refractivity contribution in [1.82, 2.24) is 4.40 Å². The Balaban J connectivity index is 0.891. The summed E-state index contributed by atoms with van der Waals surface area (Å²) in [5.41, 5.74) is 13.1. The molecule has 0 aliphatic rings. The Morgan fingerprint density at radius 3 is 1.81 bits per heavy atom. The van der Waals surface area contributed by atoms with Gasteiger partial charge in [0.2, 0.25) is 0 Å². The molecule has 0 amide bonds. The number of rotatable bonds is 6. The van der Waals surface area contributed by atoms with Crippen molar-refractivity contribution in [2.45, 2.75) is 0 Å². The maximum absolute atomic E-state index is 2.41. The van der Waals surface area contributed by atoms with E-state index in [1.807, 2.05) is 11.3 Å². The van der Waals surface area contributed by atoms with Crippen LogP contribution in [0, 0.1) is 0 Å². The number of hydrogen-bond donors (Lipinski definition) is 0. The van der Waals surface area contributed by atoms with Crippen LogP contribution in [-0.4, -0.2) is 4.40 Å². The van der Waals surface area contributed by atoms with E-state index in [0.29, 0.717) is 0 Å². The van der Waals surface area contributed by atoms with Gasteiger partial charge < -0.3 is 9.30 Å². The molecule has 0 aliphatic heterocycles. The maximum atomic E-state index is 2.41. The van der Waals surface area contributed by atoms with Crippen molar-refractivity contribution in [3.8, 4) is 33.4 Å². The summed E-state index contributed by atoms with van der Waals surface area (Å²) in [6, 6.07) is 82.5. The maximum Gasteiger partial charge on any atom is 0.0619 e. The molecule has 0 aliphatic carbocycles. The Kier molecular flexibility index (Phi) is 8.12. The summed E-state index contributed by atoms with van der Waals surface area (Å²) in [4.78, 5) is 2.41. The molecule has 3 aromatic heterocycles. The van der Waals surface area contributed by atoms with Gasteiger partial charge in [0, 0.05) is 59.8 Å². The molecule has 10 aromatic carbocycles. The Bertz CT molecular complexity index is 3910. The van der Waals surface area contributed by atoms with Crippen LogP contribution in [0.1, 0.15) is 0 Å². The first kappa shape index (κ1) is 35.7. The fraction of sp³-hybridized carbons (Fsp3) is 0. The Morgan fingerprint density at radius 2 is 0.921 bits per heavy atom. The lowest BCUT2D eigenvalue weighted by molar-refractivity contribution is 1.27. The highest BCUT2D eigenvalue weighted by Crippen LogP contribution is 2.43. The number of pyridine rings is 1. The van der Waals surface area contributed by atoms with Crippen molar-refractivity contribution < 1.29 is 0 Å². The Morgan fingerprint density at radius 1 is 0.317 bits per heavy atom. The normalized spacial score (nSPS) is 11.8. The zero-order chi connectivity index (χ0) is 41.4. The summed E-state index contributed by atoms with van der Waals surface area (Å²) >= 11 is 1.86. The quantitative estimate of drug-likeness (QED) is 0.152. The smallest absolute Gasteiger partial charge is 0.0619 e. The number of aromatic nitrogens is 1. The highest BCUT2D eigenvalue weighted by molar-refractivity contribution is 7.25. The first-order chi connectivity index (χ1) is 31.2. The molecule has 0 radical (unpaired) electrons. The molecule has 294 valence electrons. The molecular formula is C60H38N2S. The summed E-state index contributed by atoms with van der Waals surface area (Å²) in [6.45, 7) is 0. The van der Waals surface area contributed by atoms with E-state index in [2.05, 4.69) is 240 Å². The van der Waals surface area contributed by atoms with Gasteiger partial charge in [0.15, 0.2) is 0 Å². The molecule has 3 heterocycles. The summed E-state index contributed by atoms with van der Waals surface area (Å²) < 4.78 is 4.97. The van der Waals surface area contributed by atoms with Crippen LogP contribution >= 0.6 is 11.3 Å². The molecule has 13 aromatic rings. The van der Waals surface area contributed by atoms with Crippen LogP contribution in [0.4, 0.5) is 17.1 Å². The molecule has 0 saturated carbocycles. The second-order valence-corrected chi connectivity index (χ2v) is 17.6. The summed E-state index contributed by atoms with van der Waals surface area (Å²) in [6.07, 6.45) is 2.23. The predicted octanol–water partition coefficient (Wildman–Crippen LogP) is 17.4. The molecule has 2 nitrogen and oxygen atoms in total. The van der Waals surface area contributed by atoms with Crippen LogP contribution in [0.5, 0.6) is 0 Å². The number of benzene rings is 10. The average Bonchev–Trinajstić information content (AvgIpc) is 3.90. The van der Waals surface area contributed by atoms with Gasteiger partial charge in [-0.15, -0.1) is 11.3 Å². The third-order valence-electron chi connectivity index (χ3n) is 12.9. The van der Waals surface area contributed by atoms with Crippen molar-refractivity contribution in [1.29, 1.82) is 0 Å². The minimum atomic E-state index is 1.11. The molecule has 0 N–H and O–H groups in total. The summed E-state index contributed by atoms with van der Waals surface area (Å²) in [7, 11) is 0. The van der Waals surface area contributed by atoms with E-state index in [9.17, 15) is 0 Å². The summed E-state index contributed by atoms with van der Waals surface area (Å²) in [5.74, 6) is 0. The largest absolute Gasteiger partial charge is 0.315 e. The number of hydrogen-bond acceptors (Lipinski definition) is 2. The molecule has 0 saturated heterocycles. The van der Waals surface area contributed by atoms with E-state index < -0.39 is 0 Å². The average molecular weight is 819 g/mol. The number of anilines is 3. The van der Waals surface area contributed by atoms with E-state index in [0.717, 1.165) is 17.1 Å². The SMILES string of the molecule is c1ccc(-c2c3ccccc3n3ccc4cc(-c5cccc(-c6ccc(N(c7ccc8c(ccc9ccccc98)c7)c7ccc8sc9ccccc9c8c7)cc6)c5)ccc4c23)cc1. The van der Waals surface area contributed by atoms with Crippen LogP contribution in [0.2, 0.25) is 0 Å². The first-order valence-corrected chi connectivity index (χ1v) is 22.4. The van der Waals surface area contributed by atoms with Crippen LogP contribution in [0.25, 0.3) is 102 Å². The number of fused-ring (bicyclic) bond motifs is 11. The van der Waals surface area contributed by atoms with Gasteiger partial charge in [-0.2, -0.15) is 0 Å². The van der Waals surface area contributed by atoms with Crippen molar-refractivity contribution in [2.24, 2.45) is 0 Å². The number of para-hydroxylation sites is 1. The minimum absolute atomic E-state index is 1.11. The van der Waals surface area contributed by atoms with Crippen LogP contribution in [0.3, 0.4) is 0 Å². The van der Waals surface area contributed by atoms with Crippen molar-refractivity contribution in [3.63, 3.8) is 0 Å². The van der Waals surface area contributed by atoms with Crippen molar-refractivity contribution in [2.75, 3.05) is 4.90 Å². The van der Waals surface area contributed by atoms with Crippen LogP contribution in [-0.2, 0) is 0 Å². The van der Waals surface area contributed by atoms with Gasteiger partial charge in [-0.05, 0) is 128 Å². The van der Waals surface area contributed by atoms with Gasteiger partial charge in [0.05, 0.1) is 11.0 Å². The molecule has 3 heteroatoms. The van der Waals surface area contributed by atoms with E-state index in [1.54, 1.807) is 0 Å². The van der Waals surface area contributed by atoms with Crippen LogP contribution in [0.15, 0.2) is 231 Å². The second-order valence-electron chi connectivity index (χ2n) is 16.5. The van der Waals surface area contributed by atoms with Gasteiger partial charge in [0.1, 0.15) is 0 Å². The van der Waals surface area contributed by atoms with Gasteiger partial charge in [-0.3, -0.25) is 0 Å². The lowest BCUT2D eigenvalue weighted by atomic mass is 9.96. The third-order valence-corrected chi connectivity index (χ3v) is 14.1. The molecule has 0 fully saturated rings. The number of thiophene rings is 1. The molecule has 0 unspecified atom stereocenters. The van der Waals surface area contributed by atoms with Crippen molar-refractivity contribution in [3.05, 3.63) is 231 Å². The molecule has 0 atom stereocenters. The highest BCUT2D eigenvalue weighted by atomic mass is 32.1. The zero-order valence-electron chi connectivity index (χ0n) is 34.2. The Hall–Kier alpha value is -7.98. The monoisotopic (exact) mass is 818 g/mol. The van der Waals surface area contributed by atoms with E-state index in [-0.39, 0.29) is 0 Å². The molecule has 13 rings (SSSR count). The van der Waals surface area contributed by atoms with Gasteiger partial charge >= 0.3 is 0 Å². The lowest BCUT2D eigenvalue weighted by Gasteiger charge is -2.26. The van der Waals surface area contributed by atoms with E-state index in [4.69, 9.17) is 0 Å². The highest BCUT2D eigenvalue weighted by Gasteiger charge is 2.18. The number of nitrogens with zero attached hydrogens (tertiary/aromatic N) is 2. The predicted molar refractivity (Wildman–Crippen MR) is 271 cm³/mol. The minimum Gasteiger partial charge on any atom is -0.315 e. The molecule has 63 heavy (non-hydrogen) atoms. The molecule has 0 bridgehead atoms. The topological polar surface area (TPSA) is 7.65 Å². The fourth-order valence-electron chi connectivity index (χ4n) is 9.95. The van der Waals surface area contributed by atoms with Gasteiger partial charge in [0.25, 0.3) is 0 Å². The fourth-order valence-corrected chi connectivity index (χ4v) is 11.0. The second kappa shape index (κ2) is 14.3. The third kappa shape index (κ3) is 5.85. The first-order valence-electron chi connectivity index (χ1n) is 21.6. The lowest BCUT2D eigenvalue weighted by Crippen LogP contribution is -2.09. The molecular weight excluding hydrogens is 781 g/mol. The standard InChI is InChI=1S/C60H38N2S/c1-2-12-41(13-3-1)59-54-18-6-8-19-56(54)61-34-33-46-36-44(25-30-52(46)60(59)61)43-15-10-14-42(35-43)39-23-26-47(27-24-39)62(49-29-32-58-55(38-49)53-17-7-9-20-57(53)63-58)48-28-31-51-45(37-48)22-21-40-11-4-5-16-50(40)51/h1-38H. The van der Waals surface area contributed by atoms with Gasteiger partial charge in [-0.25, -0.2) is 0 Å². The zero-order valence-corrected chi connectivity index (χ0v) is 35.1. The van der Waals surface area contributed by atoms with Crippen molar-refractivity contribution >= 4 is 97.3 Å².